The molecule has 0 aliphatic rings. The Morgan fingerprint density at radius 1 is 1.15 bits per heavy atom. The van der Waals surface area contributed by atoms with Gasteiger partial charge in [-0.1, -0.05) is 42.5 Å². The molecular formula is C18H15N3O4S. The van der Waals surface area contributed by atoms with E-state index in [4.69, 9.17) is 4.74 Å². The summed E-state index contributed by atoms with van der Waals surface area (Å²) in [5.74, 6) is -0.315. The fraction of sp³-hybridized carbons (Fsp3) is 0.111. The molecule has 3 aromatic rings. The first-order chi connectivity index (χ1) is 12.6. The van der Waals surface area contributed by atoms with Crippen molar-refractivity contribution in [3.05, 3.63) is 75.8 Å². The maximum absolute atomic E-state index is 11.9. The predicted molar refractivity (Wildman–Crippen MR) is 98.0 cm³/mol. The molecule has 0 aliphatic heterocycles. The molecule has 0 aliphatic carbocycles. The highest BCUT2D eigenvalue weighted by Gasteiger charge is 2.15. The number of carbonyl (C=O) groups is 1. The van der Waals surface area contributed by atoms with Gasteiger partial charge in [0.15, 0.2) is 12.4 Å². The molecule has 8 heteroatoms. The molecule has 2 aromatic carbocycles. The van der Waals surface area contributed by atoms with Crippen LogP contribution >= 0.6 is 11.3 Å². The number of nitrogens with one attached hydrogen (secondary N) is 1. The van der Waals surface area contributed by atoms with Crippen LogP contribution in [0.4, 0.5) is 5.69 Å². The summed E-state index contributed by atoms with van der Waals surface area (Å²) in [7, 11) is 0. The van der Waals surface area contributed by atoms with Crippen LogP contribution in [0, 0.1) is 10.1 Å². The molecule has 1 amide bonds. The zero-order valence-electron chi connectivity index (χ0n) is 13.6. The lowest BCUT2D eigenvalue weighted by atomic mass is 10.2. The first-order valence-corrected chi connectivity index (χ1v) is 8.64. The molecule has 7 nitrogen and oxygen atoms in total. The average molecular weight is 369 g/mol. The fourth-order valence-electron chi connectivity index (χ4n) is 2.22. The number of aromatic nitrogens is 1. The van der Waals surface area contributed by atoms with Crippen LogP contribution in [0.2, 0.25) is 0 Å². The van der Waals surface area contributed by atoms with Gasteiger partial charge in [-0.25, -0.2) is 4.98 Å². The summed E-state index contributed by atoms with van der Waals surface area (Å²) in [5.41, 5.74) is 1.59. The van der Waals surface area contributed by atoms with Crippen molar-refractivity contribution < 1.29 is 14.5 Å². The van der Waals surface area contributed by atoms with E-state index >= 15 is 0 Å². The Morgan fingerprint density at radius 2 is 1.88 bits per heavy atom. The third kappa shape index (κ3) is 4.42. The number of thiazole rings is 1. The molecule has 132 valence electrons. The molecule has 0 saturated carbocycles. The molecule has 26 heavy (non-hydrogen) atoms. The number of benzene rings is 2. The van der Waals surface area contributed by atoms with Gasteiger partial charge in [-0.15, -0.1) is 11.3 Å². The summed E-state index contributed by atoms with van der Waals surface area (Å²) < 4.78 is 5.25. The lowest BCUT2D eigenvalue weighted by Crippen LogP contribution is -2.28. The number of rotatable bonds is 7. The molecule has 0 unspecified atom stereocenters. The van der Waals surface area contributed by atoms with Crippen molar-refractivity contribution in [3.8, 4) is 16.3 Å². The molecular weight excluding hydrogens is 354 g/mol. The van der Waals surface area contributed by atoms with Gasteiger partial charge in [0, 0.05) is 17.0 Å². The number of hydrogen-bond donors (Lipinski definition) is 1. The molecule has 0 atom stereocenters. The number of hydrogen-bond acceptors (Lipinski definition) is 6. The van der Waals surface area contributed by atoms with Crippen LogP contribution in [-0.4, -0.2) is 22.4 Å². The van der Waals surface area contributed by atoms with Crippen molar-refractivity contribution in [2.75, 3.05) is 6.61 Å². The Labute approximate surface area is 153 Å². The second kappa shape index (κ2) is 8.21. The number of amides is 1. The van der Waals surface area contributed by atoms with E-state index in [0.29, 0.717) is 0 Å². The number of nitro groups is 1. The highest BCUT2D eigenvalue weighted by Crippen LogP contribution is 2.25. The van der Waals surface area contributed by atoms with Crippen molar-refractivity contribution >= 4 is 22.9 Å². The van der Waals surface area contributed by atoms with Crippen molar-refractivity contribution in [1.29, 1.82) is 0 Å². The van der Waals surface area contributed by atoms with Crippen LogP contribution in [0.5, 0.6) is 5.75 Å². The molecule has 3 rings (SSSR count). The first kappa shape index (κ1) is 17.6. The van der Waals surface area contributed by atoms with Gasteiger partial charge < -0.3 is 10.1 Å². The lowest BCUT2D eigenvalue weighted by molar-refractivity contribution is -0.385. The Hall–Kier alpha value is -3.26. The van der Waals surface area contributed by atoms with Crippen molar-refractivity contribution in [2.45, 2.75) is 6.54 Å². The van der Waals surface area contributed by atoms with Gasteiger partial charge in [-0.05, 0) is 6.07 Å². The standard InChI is InChI=1S/C18H15N3O4S/c22-17(11-25-16-9-5-4-8-15(16)21(23)24)19-10-14-12-26-18(20-14)13-6-2-1-3-7-13/h1-9,12H,10-11H2,(H,19,22). The van der Waals surface area contributed by atoms with Gasteiger partial charge in [0.2, 0.25) is 0 Å². The van der Waals surface area contributed by atoms with Crippen molar-refractivity contribution in [3.63, 3.8) is 0 Å². The summed E-state index contributed by atoms with van der Waals surface area (Å²) in [4.78, 5) is 26.8. The van der Waals surface area contributed by atoms with Gasteiger partial charge in [-0.2, -0.15) is 0 Å². The zero-order valence-corrected chi connectivity index (χ0v) is 14.4. The highest BCUT2D eigenvalue weighted by molar-refractivity contribution is 7.13. The highest BCUT2D eigenvalue weighted by atomic mass is 32.1. The van der Waals surface area contributed by atoms with Crippen molar-refractivity contribution in [1.82, 2.24) is 10.3 Å². The molecule has 0 spiro atoms. The SMILES string of the molecule is O=C(COc1ccccc1[N+](=O)[O-])NCc1csc(-c2ccccc2)n1. The number of ether oxygens (including phenoxy) is 1. The van der Waals surface area contributed by atoms with Gasteiger partial charge in [0.05, 0.1) is 17.2 Å². The minimum atomic E-state index is -0.548. The van der Waals surface area contributed by atoms with Crippen LogP contribution in [0.25, 0.3) is 10.6 Å². The Balaban J connectivity index is 1.52. The minimum absolute atomic E-state index is 0.0627. The van der Waals surface area contributed by atoms with E-state index in [1.165, 1.54) is 29.5 Å². The third-order valence-electron chi connectivity index (χ3n) is 3.46. The molecule has 0 radical (unpaired) electrons. The predicted octanol–water partition coefficient (Wildman–Crippen LogP) is 3.41. The van der Waals surface area contributed by atoms with Crippen LogP contribution in [0.3, 0.4) is 0 Å². The number of carbonyl (C=O) groups excluding carboxylic acids is 1. The molecule has 0 bridgehead atoms. The van der Waals surface area contributed by atoms with Crippen LogP contribution in [0.15, 0.2) is 60.0 Å². The van der Waals surface area contributed by atoms with Crippen LogP contribution < -0.4 is 10.1 Å². The second-order valence-electron chi connectivity index (χ2n) is 5.30. The van der Waals surface area contributed by atoms with E-state index in [9.17, 15) is 14.9 Å². The molecule has 0 fully saturated rings. The van der Waals surface area contributed by atoms with Gasteiger partial charge in [-0.3, -0.25) is 14.9 Å². The summed E-state index contributed by atoms with van der Waals surface area (Å²) in [6.45, 7) is -0.0387. The summed E-state index contributed by atoms with van der Waals surface area (Å²) >= 11 is 1.50. The van der Waals surface area contributed by atoms with Gasteiger partial charge in [0.1, 0.15) is 5.01 Å². The molecule has 0 saturated heterocycles. The summed E-state index contributed by atoms with van der Waals surface area (Å²) in [6.07, 6.45) is 0. The van der Waals surface area contributed by atoms with E-state index in [1.807, 2.05) is 35.7 Å². The zero-order chi connectivity index (χ0) is 18.4. The van der Waals surface area contributed by atoms with E-state index in [1.54, 1.807) is 6.07 Å². The lowest BCUT2D eigenvalue weighted by Gasteiger charge is -2.06. The van der Waals surface area contributed by atoms with Crippen LogP contribution in [-0.2, 0) is 11.3 Å². The minimum Gasteiger partial charge on any atom is -0.477 e. The van der Waals surface area contributed by atoms with Crippen molar-refractivity contribution in [2.24, 2.45) is 0 Å². The number of para-hydroxylation sites is 2. The second-order valence-corrected chi connectivity index (χ2v) is 6.16. The Bertz CT molecular complexity index is 912. The monoisotopic (exact) mass is 369 g/mol. The molecule has 1 N–H and O–H groups in total. The van der Waals surface area contributed by atoms with E-state index in [-0.39, 0.29) is 30.5 Å². The topological polar surface area (TPSA) is 94.4 Å². The number of nitrogens with zero attached hydrogens (tertiary/aromatic N) is 2. The normalized spacial score (nSPS) is 10.3. The average Bonchev–Trinajstić information content (AvgIpc) is 3.14. The van der Waals surface area contributed by atoms with Crippen LogP contribution in [0.1, 0.15) is 5.69 Å². The van der Waals surface area contributed by atoms with E-state index in [0.717, 1.165) is 16.3 Å². The molecule has 1 heterocycles. The summed E-state index contributed by atoms with van der Waals surface area (Å²) in [5, 5.41) is 16.4. The maximum Gasteiger partial charge on any atom is 0.310 e. The largest absolute Gasteiger partial charge is 0.477 e. The van der Waals surface area contributed by atoms with E-state index in [2.05, 4.69) is 10.3 Å². The smallest absolute Gasteiger partial charge is 0.310 e. The quantitative estimate of drug-likeness (QED) is 0.509. The van der Waals surface area contributed by atoms with E-state index < -0.39 is 4.92 Å². The summed E-state index contributed by atoms with van der Waals surface area (Å²) in [6, 6.07) is 15.7. The fourth-order valence-corrected chi connectivity index (χ4v) is 3.04. The number of nitro benzene ring substituents is 1. The van der Waals surface area contributed by atoms with Gasteiger partial charge >= 0.3 is 5.69 Å². The Kier molecular flexibility index (Phi) is 5.55. The maximum atomic E-state index is 11.9. The first-order valence-electron chi connectivity index (χ1n) is 7.76. The molecule has 1 aromatic heterocycles. The third-order valence-corrected chi connectivity index (χ3v) is 4.40. The van der Waals surface area contributed by atoms with Gasteiger partial charge in [0.25, 0.3) is 5.91 Å². The Morgan fingerprint density at radius 3 is 2.65 bits per heavy atom.